The minimum Gasteiger partial charge on any atom is -0.497 e. The Kier molecular flexibility index (Phi) is 7.56. The Balaban J connectivity index is 2.31. The summed E-state index contributed by atoms with van der Waals surface area (Å²) in [5, 5.41) is 0. The normalized spacial score (nSPS) is 11.8. The zero-order chi connectivity index (χ0) is 15.7. The predicted molar refractivity (Wildman–Crippen MR) is 80.6 cm³/mol. The maximum absolute atomic E-state index is 11.9. The molecule has 6 nitrogen and oxygen atoms in total. The van der Waals surface area contributed by atoms with Crippen LogP contribution >= 0.6 is 0 Å². The van der Waals surface area contributed by atoms with E-state index in [1.807, 2.05) is 24.3 Å². The third kappa shape index (κ3) is 6.01. The van der Waals surface area contributed by atoms with Crippen molar-refractivity contribution in [2.24, 2.45) is 5.73 Å². The lowest BCUT2D eigenvalue weighted by Crippen LogP contribution is -2.43. The standard InChI is InChI=1S/C15H24N2O4/c1-17(15(18)14(16)8-10-19-2)9-11-21-13-6-4-12(20-3)5-7-13/h4-7,14H,8-11,16H2,1-3H3. The Bertz CT molecular complexity index is 422. The van der Waals surface area contributed by atoms with Gasteiger partial charge in [-0.05, 0) is 30.7 Å². The van der Waals surface area contributed by atoms with Crippen molar-refractivity contribution in [3.05, 3.63) is 24.3 Å². The molecule has 1 rings (SSSR count). The van der Waals surface area contributed by atoms with Crippen molar-refractivity contribution in [3.63, 3.8) is 0 Å². The summed E-state index contributed by atoms with van der Waals surface area (Å²) in [7, 11) is 4.92. The van der Waals surface area contributed by atoms with Crippen LogP contribution in [0.2, 0.25) is 0 Å². The molecule has 0 aliphatic carbocycles. The highest BCUT2D eigenvalue weighted by Crippen LogP contribution is 2.16. The number of nitrogens with zero attached hydrogens (tertiary/aromatic N) is 1. The Labute approximate surface area is 125 Å². The highest BCUT2D eigenvalue weighted by Gasteiger charge is 2.17. The number of nitrogens with two attached hydrogens (primary N) is 1. The maximum atomic E-state index is 11.9. The van der Waals surface area contributed by atoms with Gasteiger partial charge in [0.2, 0.25) is 5.91 Å². The van der Waals surface area contributed by atoms with Crippen LogP contribution in [0.3, 0.4) is 0 Å². The molecule has 0 bridgehead atoms. The summed E-state index contributed by atoms with van der Waals surface area (Å²) in [5.74, 6) is 1.41. The first-order chi connectivity index (χ1) is 10.1. The third-order valence-corrected chi connectivity index (χ3v) is 3.08. The van der Waals surface area contributed by atoms with Gasteiger partial charge in [0.15, 0.2) is 0 Å². The van der Waals surface area contributed by atoms with Gasteiger partial charge in [-0.1, -0.05) is 0 Å². The second kappa shape index (κ2) is 9.20. The summed E-state index contributed by atoms with van der Waals surface area (Å²) >= 11 is 0. The van der Waals surface area contributed by atoms with Crippen LogP contribution in [-0.2, 0) is 9.53 Å². The number of carbonyl (C=O) groups is 1. The van der Waals surface area contributed by atoms with Gasteiger partial charge in [0.25, 0.3) is 0 Å². The van der Waals surface area contributed by atoms with Crippen molar-refractivity contribution in [3.8, 4) is 11.5 Å². The zero-order valence-electron chi connectivity index (χ0n) is 12.9. The minimum absolute atomic E-state index is 0.106. The largest absolute Gasteiger partial charge is 0.497 e. The summed E-state index contributed by atoms with van der Waals surface area (Å²) in [5.41, 5.74) is 5.79. The number of rotatable bonds is 9. The molecule has 0 spiro atoms. The molecule has 0 saturated carbocycles. The van der Waals surface area contributed by atoms with Crippen LogP contribution in [-0.4, -0.2) is 57.9 Å². The first-order valence-electron chi connectivity index (χ1n) is 6.84. The van der Waals surface area contributed by atoms with Crippen LogP contribution < -0.4 is 15.2 Å². The Hall–Kier alpha value is -1.79. The number of ether oxygens (including phenoxy) is 3. The number of amides is 1. The molecule has 0 saturated heterocycles. The molecule has 0 aromatic heterocycles. The van der Waals surface area contributed by atoms with Crippen LogP contribution in [0.4, 0.5) is 0 Å². The summed E-state index contributed by atoms with van der Waals surface area (Å²) in [6.07, 6.45) is 0.513. The fourth-order valence-corrected chi connectivity index (χ4v) is 1.73. The molecule has 0 aliphatic heterocycles. The van der Waals surface area contributed by atoms with E-state index in [9.17, 15) is 4.79 Å². The summed E-state index contributed by atoms with van der Waals surface area (Å²) in [4.78, 5) is 13.5. The zero-order valence-corrected chi connectivity index (χ0v) is 12.9. The molecule has 2 N–H and O–H groups in total. The van der Waals surface area contributed by atoms with E-state index in [1.165, 1.54) is 0 Å². The van der Waals surface area contributed by atoms with Crippen molar-refractivity contribution in [2.45, 2.75) is 12.5 Å². The Morgan fingerprint density at radius 2 is 1.81 bits per heavy atom. The summed E-state index contributed by atoms with van der Waals surface area (Å²) in [6, 6.07) is 6.77. The minimum atomic E-state index is -0.532. The molecular weight excluding hydrogens is 272 g/mol. The van der Waals surface area contributed by atoms with Gasteiger partial charge in [-0.3, -0.25) is 4.79 Å². The monoisotopic (exact) mass is 296 g/mol. The first-order valence-corrected chi connectivity index (χ1v) is 6.84. The molecule has 1 aromatic carbocycles. The second-order valence-electron chi connectivity index (χ2n) is 4.67. The predicted octanol–water partition coefficient (Wildman–Crippen LogP) is 0.896. The maximum Gasteiger partial charge on any atom is 0.239 e. The van der Waals surface area contributed by atoms with Gasteiger partial charge in [-0.25, -0.2) is 0 Å². The number of likely N-dealkylation sites (N-methyl/N-ethyl adjacent to an activating group) is 1. The van der Waals surface area contributed by atoms with Crippen molar-refractivity contribution < 1.29 is 19.0 Å². The molecule has 1 unspecified atom stereocenters. The lowest BCUT2D eigenvalue weighted by Gasteiger charge is -2.21. The van der Waals surface area contributed by atoms with E-state index in [1.54, 1.807) is 26.2 Å². The molecular formula is C15H24N2O4. The van der Waals surface area contributed by atoms with Crippen molar-refractivity contribution >= 4 is 5.91 Å². The number of methoxy groups -OCH3 is 2. The number of carbonyl (C=O) groups excluding carboxylic acids is 1. The molecule has 6 heteroatoms. The van der Waals surface area contributed by atoms with Crippen LogP contribution in [0.1, 0.15) is 6.42 Å². The Morgan fingerprint density at radius 1 is 1.19 bits per heavy atom. The molecule has 0 radical (unpaired) electrons. The van der Waals surface area contributed by atoms with Crippen LogP contribution in [0.5, 0.6) is 11.5 Å². The molecule has 0 aliphatic rings. The molecule has 1 aromatic rings. The van der Waals surface area contributed by atoms with Crippen molar-refractivity contribution in [1.29, 1.82) is 0 Å². The first kappa shape index (κ1) is 17.3. The van der Waals surface area contributed by atoms with Gasteiger partial charge in [-0.2, -0.15) is 0 Å². The van der Waals surface area contributed by atoms with E-state index in [2.05, 4.69) is 0 Å². The lowest BCUT2D eigenvalue weighted by atomic mass is 10.2. The van der Waals surface area contributed by atoms with E-state index in [4.69, 9.17) is 19.9 Å². The van der Waals surface area contributed by atoms with Crippen molar-refractivity contribution in [1.82, 2.24) is 4.90 Å². The number of benzene rings is 1. The van der Waals surface area contributed by atoms with E-state index >= 15 is 0 Å². The molecule has 21 heavy (non-hydrogen) atoms. The van der Waals surface area contributed by atoms with Gasteiger partial charge in [0, 0.05) is 20.8 Å². The second-order valence-corrected chi connectivity index (χ2v) is 4.67. The number of hydrogen-bond acceptors (Lipinski definition) is 5. The highest BCUT2D eigenvalue weighted by atomic mass is 16.5. The molecule has 0 fully saturated rings. The van der Waals surface area contributed by atoms with E-state index in [0.717, 1.165) is 11.5 Å². The molecule has 118 valence electrons. The highest BCUT2D eigenvalue weighted by molar-refractivity contribution is 5.81. The summed E-state index contributed by atoms with van der Waals surface area (Å²) < 4.78 is 15.6. The SMILES string of the molecule is COCCC(N)C(=O)N(C)CCOc1ccc(OC)cc1. The third-order valence-electron chi connectivity index (χ3n) is 3.08. The lowest BCUT2D eigenvalue weighted by molar-refractivity contribution is -0.132. The van der Waals surface area contributed by atoms with E-state index in [0.29, 0.717) is 26.2 Å². The van der Waals surface area contributed by atoms with Crippen LogP contribution in [0, 0.1) is 0 Å². The fraction of sp³-hybridized carbons (Fsp3) is 0.533. The molecule has 1 amide bonds. The average Bonchev–Trinajstić information content (AvgIpc) is 2.52. The quantitative estimate of drug-likeness (QED) is 0.733. The van der Waals surface area contributed by atoms with Crippen LogP contribution in [0.25, 0.3) is 0 Å². The smallest absolute Gasteiger partial charge is 0.239 e. The molecule has 1 atom stereocenters. The van der Waals surface area contributed by atoms with Gasteiger partial charge in [-0.15, -0.1) is 0 Å². The summed E-state index contributed by atoms with van der Waals surface area (Å²) in [6.45, 7) is 1.36. The van der Waals surface area contributed by atoms with Gasteiger partial charge >= 0.3 is 0 Å². The Morgan fingerprint density at radius 3 is 2.38 bits per heavy atom. The van der Waals surface area contributed by atoms with E-state index in [-0.39, 0.29) is 5.91 Å². The van der Waals surface area contributed by atoms with Gasteiger partial charge in [0.1, 0.15) is 18.1 Å². The van der Waals surface area contributed by atoms with Crippen molar-refractivity contribution in [2.75, 3.05) is 41.0 Å². The molecule has 0 heterocycles. The van der Waals surface area contributed by atoms with Gasteiger partial charge < -0.3 is 24.8 Å². The van der Waals surface area contributed by atoms with E-state index < -0.39 is 6.04 Å². The topological polar surface area (TPSA) is 74.0 Å². The van der Waals surface area contributed by atoms with Gasteiger partial charge in [0.05, 0.1) is 19.7 Å². The van der Waals surface area contributed by atoms with Crippen LogP contribution in [0.15, 0.2) is 24.3 Å². The average molecular weight is 296 g/mol. The fourth-order valence-electron chi connectivity index (χ4n) is 1.73. The number of hydrogen-bond donors (Lipinski definition) is 1.